The van der Waals surface area contributed by atoms with E-state index in [1.54, 1.807) is 0 Å². The van der Waals surface area contributed by atoms with Crippen molar-refractivity contribution in [2.75, 3.05) is 12.8 Å². The van der Waals surface area contributed by atoms with Crippen molar-refractivity contribution in [3.8, 4) is 0 Å². The molecule has 0 nitrogen and oxygen atoms in total. The number of rotatable bonds is 7. The van der Waals surface area contributed by atoms with Crippen LogP contribution in [0.5, 0.6) is 0 Å². The SMILES string of the molecule is CCCCCP(C)C(C)CCC. The predicted molar refractivity (Wildman–Crippen MR) is 61.6 cm³/mol. The summed E-state index contributed by atoms with van der Waals surface area (Å²) in [7, 11) is 0.341. The summed E-state index contributed by atoms with van der Waals surface area (Å²) in [6, 6.07) is 0. The molecule has 2 unspecified atom stereocenters. The van der Waals surface area contributed by atoms with E-state index in [2.05, 4.69) is 27.4 Å². The van der Waals surface area contributed by atoms with Crippen LogP contribution in [0.1, 0.15) is 52.9 Å². The highest BCUT2D eigenvalue weighted by Gasteiger charge is 2.09. The first-order valence-corrected chi connectivity index (χ1v) is 7.46. The van der Waals surface area contributed by atoms with Gasteiger partial charge in [0.05, 0.1) is 0 Å². The summed E-state index contributed by atoms with van der Waals surface area (Å²) in [5.41, 5.74) is 1.00. The quantitative estimate of drug-likeness (QED) is 0.408. The molecule has 0 saturated heterocycles. The minimum atomic E-state index is 0.341. The maximum Gasteiger partial charge on any atom is -0.0240 e. The van der Waals surface area contributed by atoms with Crippen LogP contribution in [0.3, 0.4) is 0 Å². The number of hydrogen-bond acceptors (Lipinski definition) is 0. The van der Waals surface area contributed by atoms with Gasteiger partial charge in [0.1, 0.15) is 0 Å². The van der Waals surface area contributed by atoms with Gasteiger partial charge in [-0.1, -0.05) is 40.0 Å². The third kappa shape index (κ3) is 6.00. The first-order chi connectivity index (χ1) is 5.72. The van der Waals surface area contributed by atoms with E-state index in [1.165, 1.54) is 38.3 Å². The van der Waals surface area contributed by atoms with Crippen molar-refractivity contribution in [2.24, 2.45) is 0 Å². The van der Waals surface area contributed by atoms with Crippen LogP contribution in [-0.4, -0.2) is 18.5 Å². The Balaban J connectivity index is 3.35. The predicted octanol–water partition coefficient (Wildman–Crippen LogP) is 4.48. The van der Waals surface area contributed by atoms with E-state index in [0.29, 0.717) is 7.92 Å². The van der Waals surface area contributed by atoms with Gasteiger partial charge in [0.2, 0.25) is 0 Å². The first-order valence-electron chi connectivity index (χ1n) is 5.42. The smallest absolute Gasteiger partial charge is 0.0240 e. The van der Waals surface area contributed by atoms with Crippen LogP contribution >= 0.6 is 7.92 Å². The molecule has 0 spiro atoms. The van der Waals surface area contributed by atoms with Crippen molar-refractivity contribution >= 4 is 7.92 Å². The molecular formula is C11H25P. The van der Waals surface area contributed by atoms with Crippen molar-refractivity contribution in [3.63, 3.8) is 0 Å². The third-order valence-corrected chi connectivity index (χ3v) is 5.36. The van der Waals surface area contributed by atoms with Gasteiger partial charge >= 0.3 is 0 Å². The van der Waals surface area contributed by atoms with E-state index in [-0.39, 0.29) is 0 Å². The molecule has 0 saturated carbocycles. The van der Waals surface area contributed by atoms with Crippen LogP contribution in [0.4, 0.5) is 0 Å². The lowest BCUT2D eigenvalue weighted by atomic mass is 10.3. The monoisotopic (exact) mass is 188 g/mol. The van der Waals surface area contributed by atoms with Crippen molar-refractivity contribution in [1.82, 2.24) is 0 Å². The molecule has 0 radical (unpaired) electrons. The zero-order valence-corrected chi connectivity index (χ0v) is 10.2. The molecule has 0 rings (SSSR count). The average Bonchev–Trinajstić information content (AvgIpc) is 2.05. The van der Waals surface area contributed by atoms with Crippen molar-refractivity contribution in [2.45, 2.75) is 58.5 Å². The van der Waals surface area contributed by atoms with Crippen LogP contribution in [0, 0.1) is 0 Å². The van der Waals surface area contributed by atoms with E-state index in [9.17, 15) is 0 Å². The lowest BCUT2D eigenvalue weighted by Gasteiger charge is -2.19. The Bertz CT molecular complexity index is 91.0. The molecule has 0 aromatic carbocycles. The molecule has 0 aliphatic carbocycles. The molecule has 0 heterocycles. The Morgan fingerprint density at radius 3 is 2.25 bits per heavy atom. The zero-order chi connectivity index (χ0) is 9.40. The minimum absolute atomic E-state index is 0.341. The van der Waals surface area contributed by atoms with Gasteiger partial charge in [0, 0.05) is 0 Å². The van der Waals surface area contributed by atoms with E-state index in [4.69, 9.17) is 0 Å². The molecular weight excluding hydrogens is 163 g/mol. The molecule has 0 N–H and O–H groups in total. The molecule has 74 valence electrons. The van der Waals surface area contributed by atoms with Gasteiger partial charge in [-0.05, 0) is 31.3 Å². The topological polar surface area (TPSA) is 0 Å². The lowest BCUT2D eigenvalue weighted by molar-refractivity contribution is 0.754. The van der Waals surface area contributed by atoms with Gasteiger partial charge in [0.25, 0.3) is 0 Å². The number of hydrogen-bond donors (Lipinski definition) is 0. The summed E-state index contributed by atoms with van der Waals surface area (Å²) in [5, 5.41) is 0. The second-order valence-corrected chi connectivity index (χ2v) is 6.67. The molecule has 0 bridgehead atoms. The standard InChI is InChI=1S/C11H25P/c1-5-7-8-10-12(4)11(3)9-6-2/h11H,5-10H2,1-4H3. The van der Waals surface area contributed by atoms with Crippen molar-refractivity contribution < 1.29 is 0 Å². The minimum Gasteiger partial charge on any atom is -0.107 e. The van der Waals surface area contributed by atoms with E-state index >= 15 is 0 Å². The Labute approximate surface area is 79.9 Å². The average molecular weight is 188 g/mol. The summed E-state index contributed by atoms with van der Waals surface area (Å²) < 4.78 is 0. The van der Waals surface area contributed by atoms with Crippen LogP contribution in [0.15, 0.2) is 0 Å². The van der Waals surface area contributed by atoms with Crippen molar-refractivity contribution in [3.05, 3.63) is 0 Å². The molecule has 0 amide bonds. The Morgan fingerprint density at radius 1 is 1.08 bits per heavy atom. The van der Waals surface area contributed by atoms with Crippen LogP contribution < -0.4 is 0 Å². The molecule has 0 aromatic rings. The lowest BCUT2D eigenvalue weighted by Crippen LogP contribution is -2.01. The highest BCUT2D eigenvalue weighted by Crippen LogP contribution is 2.40. The fourth-order valence-electron chi connectivity index (χ4n) is 1.47. The second-order valence-electron chi connectivity index (χ2n) is 3.83. The summed E-state index contributed by atoms with van der Waals surface area (Å²) in [4.78, 5) is 0. The molecule has 0 aliphatic heterocycles. The van der Waals surface area contributed by atoms with Gasteiger partial charge in [-0.25, -0.2) is 0 Å². The Hall–Kier alpha value is 0.430. The normalized spacial score (nSPS) is 16.0. The van der Waals surface area contributed by atoms with Gasteiger partial charge in [-0.15, -0.1) is 7.92 Å². The van der Waals surface area contributed by atoms with Gasteiger partial charge in [0.15, 0.2) is 0 Å². The first kappa shape index (κ1) is 12.4. The summed E-state index contributed by atoms with van der Waals surface area (Å²) in [6.07, 6.45) is 8.57. The Morgan fingerprint density at radius 2 is 1.75 bits per heavy atom. The van der Waals surface area contributed by atoms with Crippen LogP contribution in [-0.2, 0) is 0 Å². The summed E-state index contributed by atoms with van der Waals surface area (Å²) >= 11 is 0. The Kier molecular flexibility index (Phi) is 8.34. The molecule has 1 heteroatoms. The highest BCUT2D eigenvalue weighted by atomic mass is 31.1. The van der Waals surface area contributed by atoms with Gasteiger partial charge in [-0.3, -0.25) is 0 Å². The van der Waals surface area contributed by atoms with E-state index in [1.807, 2.05) is 0 Å². The summed E-state index contributed by atoms with van der Waals surface area (Å²) in [5.74, 6) is 0. The zero-order valence-electron chi connectivity index (χ0n) is 9.27. The molecule has 0 aliphatic rings. The fourth-order valence-corrected chi connectivity index (χ4v) is 3.33. The maximum atomic E-state index is 2.48. The highest BCUT2D eigenvalue weighted by molar-refractivity contribution is 7.57. The van der Waals surface area contributed by atoms with E-state index in [0.717, 1.165) is 5.66 Å². The fraction of sp³-hybridized carbons (Fsp3) is 1.00. The van der Waals surface area contributed by atoms with Gasteiger partial charge in [-0.2, -0.15) is 0 Å². The second kappa shape index (κ2) is 8.05. The maximum absolute atomic E-state index is 2.48. The molecule has 12 heavy (non-hydrogen) atoms. The van der Waals surface area contributed by atoms with Crippen molar-refractivity contribution in [1.29, 1.82) is 0 Å². The number of unbranched alkanes of at least 4 members (excludes halogenated alkanes) is 2. The molecule has 0 fully saturated rings. The summed E-state index contributed by atoms with van der Waals surface area (Å²) in [6.45, 7) is 9.49. The molecule has 0 aromatic heterocycles. The third-order valence-electron chi connectivity index (χ3n) is 2.57. The van der Waals surface area contributed by atoms with Crippen LogP contribution in [0.25, 0.3) is 0 Å². The van der Waals surface area contributed by atoms with Gasteiger partial charge < -0.3 is 0 Å². The molecule has 2 atom stereocenters. The van der Waals surface area contributed by atoms with E-state index < -0.39 is 0 Å². The largest absolute Gasteiger partial charge is 0.107 e. The van der Waals surface area contributed by atoms with Crippen LogP contribution in [0.2, 0.25) is 0 Å².